The lowest BCUT2D eigenvalue weighted by Gasteiger charge is -2.12. The van der Waals surface area contributed by atoms with E-state index >= 15 is 0 Å². The van der Waals surface area contributed by atoms with E-state index in [0.717, 1.165) is 6.07 Å². The molecule has 2 aromatic heterocycles. The molecule has 8 nitrogen and oxygen atoms in total. The summed E-state index contributed by atoms with van der Waals surface area (Å²) < 4.78 is 41.3. The highest BCUT2D eigenvalue weighted by atomic mass is 35.5. The van der Waals surface area contributed by atoms with E-state index in [1.165, 1.54) is 29.1 Å². The van der Waals surface area contributed by atoms with Gasteiger partial charge in [0.1, 0.15) is 12.1 Å². The molecule has 0 fully saturated rings. The molecule has 0 saturated heterocycles. The van der Waals surface area contributed by atoms with Crippen molar-refractivity contribution in [1.82, 2.24) is 9.97 Å². The van der Waals surface area contributed by atoms with Crippen LogP contribution in [0.1, 0.15) is 23.7 Å². The zero-order valence-electron chi connectivity index (χ0n) is 14.5. The number of carbonyl (C=O) groups excluding carboxylic acids is 1. The predicted molar refractivity (Wildman–Crippen MR) is 109 cm³/mol. The van der Waals surface area contributed by atoms with E-state index in [0.29, 0.717) is 16.6 Å². The second-order valence-electron chi connectivity index (χ2n) is 5.78. The number of hydrogen-bond acceptors (Lipinski definition) is 7. The number of carbonyl (C=O) groups is 1. The van der Waals surface area contributed by atoms with Crippen LogP contribution in [-0.4, -0.2) is 30.0 Å². The van der Waals surface area contributed by atoms with Gasteiger partial charge in [-0.25, -0.2) is 22.8 Å². The maximum atomic E-state index is 14.8. The van der Waals surface area contributed by atoms with Gasteiger partial charge in [-0.05, 0) is 18.6 Å². The number of nitrogens with zero attached hydrogens (tertiary/aromatic N) is 2. The Balaban J connectivity index is 1.93. The fraction of sp³-hybridized carbons (Fsp3) is 0.188. The second-order valence-corrected chi connectivity index (χ2v) is 8.93. The quantitative estimate of drug-likeness (QED) is 0.535. The third-order valence-corrected chi connectivity index (χ3v) is 6.34. The Morgan fingerprint density at radius 2 is 2.04 bits per heavy atom. The minimum absolute atomic E-state index is 0.0487. The minimum Gasteiger partial charge on any atom is -0.382 e. The van der Waals surface area contributed by atoms with Crippen molar-refractivity contribution >= 4 is 66.3 Å². The third kappa shape index (κ3) is 4.16. The van der Waals surface area contributed by atoms with Gasteiger partial charge in [-0.3, -0.25) is 9.52 Å². The average Bonchev–Trinajstić information content (AvgIpc) is 3.04. The summed E-state index contributed by atoms with van der Waals surface area (Å²) in [5.41, 5.74) is 5.65. The number of fused-ring (bicyclic) bond motifs is 1. The van der Waals surface area contributed by atoms with Gasteiger partial charge in [-0.2, -0.15) is 0 Å². The van der Waals surface area contributed by atoms with E-state index in [9.17, 15) is 17.6 Å². The van der Waals surface area contributed by atoms with Crippen LogP contribution in [-0.2, 0) is 10.0 Å². The molecule has 0 radical (unpaired) electrons. The lowest BCUT2D eigenvalue weighted by Crippen LogP contribution is -2.18. The van der Waals surface area contributed by atoms with Crippen LogP contribution in [0.4, 0.5) is 21.6 Å². The first-order valence-electron chi connectivity index (χ1n) is 8.00. The number of benzene rings is 1. The van der Waals surface area contributed by atoms with Crippen molar-refractivity contribution in [1.29, 1.82) is 0 Å². The number of rotatable bonds is 6. The summed E-state index contributed by atoms with van der Waals surface area (Å²) in [7, 11) is -3.74. The van der Waals surface area contributed by atoms with E-state index in [-0.39, 0.29) is 33.5 Å². The Morgan fingerprint density at radius 1 is 1.32 bits per heavy atom. The minimum atomic E-state index is -3.74. The zero-order chi connectivity index (χ0) is 20.5. The number of sulfonamides is 1. The smallest absolute Gasteiger partial charge is 0.258 e. The SMILES string of the molecule is CCCS(=O)(=O)Nc1cc(Cl)cc(NC(=O)c2csc3c(N)ncnc23)c1F. The van der Waals surface area contributed by atoms with Gasteiger partial charge in [0.25, 0.3) is 5.91 Å². The van der Waals surface area contributed by atoms with Gasteiger partial charge in [-0.1, -0.05) is 18.5 Å². The Morgan fingerprint density at radius 3 is 2.75 bits per heavy atom. The largest absolute Gasteiger partial charge is 0.382 e. The molecule has 0 aliphatic carbocycles. The molecule has 0 aliphatic rings. The molecule has 4 N–H and O–H groups in total. The van der Waals surface area contributed by atoms with E-state index in [2.05, 4.69) is 20.0 Å². The van der Waals surface area contributed by atoms with Gasteiger partial charge in [0.2, 0.25) is 10.0 Å². The highest BCUT2D eigenvalue weighted by molar-refractivity contribution is 7.92. The standard InChI is InChI=1S/C16H15ClFN5O3S2/c1-2-3-28(25,26)23-11-5-8(17)4-10(12(11)18)22-16(24)9-6-27-14-13(9)20-7-21-15(14)19/h4-7,23H,2-3H2,1H3,(H,22,24)(H2,19,20,21). The highest BCUT2D eigenvalue weighted by Gasteiger charge is 2.20. The maximum Gasteiger partial charge on any atom is 0.258 e. The Hall–Kier alpha value is -2.50. The van der Waals surface area contributed by atoms with Crippen molar-refractivity contribution in [3.8, 4) is 0 Å². The first-order valence-corrected chi connectivity index (χ1v) is 10.9. The van der Waals surface area contributed by atoms with Crippen LogP contribution in [0.2, 0.25) is 5.02 Å². The molecule has 1 aromatic carbocycles. The van der Waals surface area contributed by atoms with Crippen molar-refractivity contribution < 1.29 is 17.6 Å². The number of amides is 1. The fourth-order valence-corrected chi connectivity index (χ4v) is 4.70. The number of hydrogen-bond donors (Lipinski definition) is 3. The summed E-state index contributed by atoms with van der Waals surface area (Å²) in [6, 6.07) is 2.32. The van der Waals surface area contributed by atoms with E-state index in [1.807, 2.05) is 0 Å². The molecule has 0 unspecified atom stereocenters. The van der Waals surface area contributed by atoms with Gasteiger partial charge >= 0.3 is 0 Å². The van der Waals surface area contributed by atoms with Gasteiger partial charge in [0.15, 0.2) is 5.82 Å². The molecule has 3 aromatic rings. The van der Waals surface area contributed by atoms with Crippen molar-refractivity contribution in [2.75, 3.05) is 21.5 Å². The Labute approximate surface area is 169 Å². The van der Waals surface area contributed by atoms with Crippen LogP contribution in [0.15, 0.2) is 23.8 Å². The molecule has 2 heterocycles. The van der Waals surface area contributed by atoms with Crippen LogP contribution >= 0.6 is 22.9 Å². The molecule has 0 aliphatic heterocycles. The summed E-state index contributed by atoms with van der Waals surface area (Å²) in [6.07, 6.45) is 1.58. The Bertz CT molecular complexity index is 1170. The van der Waals surface area contributed by atoms with Crippen LogP contribution in [0.3, 0.4) is 0 Å². The number of anilines is 3. The topological polar surface area (TPSA) is 127 Å². The predicted octanol–water partition coefficient (Wildman–Crippen LogP) is 3.47. The van der Waals surface area contributed by atoms with Gasteiger partial charge in [0, 0.05) is 10.4 Å². The average molecular weight is 444 g/mol. The molecular formula is C16H15ClFN5O3S2. The number of nitrogens with one attached hydrogen (secondary N) is 2. The molecule has 0 bridgehead atoms. The second kappa shape index (κ2) is 7.86. The molecule has 28 heavy (non-hydrogen) atoms. The number of thiophene rings is 1. The van der Waals surface area contributed by atoms with Crippen molar-refractivity contribution in [2.45, 2.75) is 13.3 Å². The molecular weight excluding hydrogens is 429 g/mol. The lowest BCUT2D eigenvalue weighted by atomic mass is 10.2. The first-order chi connectivity index (χ1) is 13.2. The van der Waals surface area contributed by atoms with Crippen LogP contribution in [0, 0.1) is 5.82 Å². The van der Waals surface area contributed by atoms with Gasteiger partial charge in [-0.15, -0.1) is 11.3 Å². The molecule has 3 rings (SSSR count). The molecule has 0 saturated carbocycles. The maximum absolute atomic E-state index is 14.8. The van der Waals surface area contributed by atoms with Gasteiger partial charge < -0.3 is 11.1 Å². The summed E-state index contributed by atoms with van der Waals surface area (Å²) >= 11 is 7.15. The fourth-order valence-electron chi connectivity index (χ4n) is 2.46. The van der Waals surface area contributed by atoms with Crippen molar-refractivity contribution in [3.05, 3.63) is 40.2 Å². The van der Waals surface area contributed by atoms with E-state index < -0.39 is 21.7 Å². The summed E-state index contributed by atoms with van der Waals surface area (Å²) in [4.78, 5) is 20.5. The number of nitrogens with two attached hydrogens (primary N) is 1. The molecule has 1 amide bonds. The van der Waals surface area contributed by atoms with E-state index in [4.69, 9.17) is 17.3 Å². The third-order valence-electron chi connectivity index (χ3n) is 3.65. The summed E-state index contributed by atoms with van der Waals surface area (Å²) in [5.74, 6) is -1.54. The zero-order valence-corrected chi connectivity index (χ0v) is 16.9. The summed E-state index contributed by atoms with van der Waals surface area (Å²) in [6.45, 7) is 1.68. The molecule has 0 spiro atoms. The van der Waals surface area contributed by atoms with Crippen LogP contribution in [0.5, 0.6) is 0 Å². The van der Waals surface area contributed by atoms with Crippen LogP contribution in [0.25, 0.3) is 10.2 Å². The van der Waals surface area contributed by atoms with Crippen LogP contribution < -0.4 is 15.8 Å². The first kappa shape index (κ1) is 20.2. The summed E-state index contributed by atoms with van der Waals surface area (Å²) in [5, 5.41) is 3.97. The molecule has 0 atom stereocenters. The van der Waals surface area contributed by atoms with Gasteiger partial charge in [0.05, 0.1) is 32.9 Å². The highest BCUT2D eigenvalue weighted by Crippen LogP contribution is 2.31. The van der Waals surface area contributed by atoms with Crippen molar-refractivity contribution in [3.63, 3.8) is 0 Å². The van der Waals surface area contributed by atoms with E-state index in [1.54, 1.807) is 6.92 Å². The molecule has 12 heteroatoms. The monoisotopic (exact) mass is 443 g/mol. The normalized spacial score (nSPS) is 11.5. The number of halogens is 2. The van der Waals surface area contributed by atoms with Crippen molar-refractivity contribution in [2.24, 2.45) is 0 Å². The number of aromatic nitrogens is 2. The number of nitrogen functional groups attached to an aromatic ring is 1. The molecule has 148 valence electrons. The lowest BCUT2D eigenvalue weighted by molar-refractivity contribution is 0.102. The Kier molecular flexibility index (Phi) is 5.68.